The highest BCUT2D eigenvalue weighted by Gasteiger charge is 2.30. The fourth-order valence-corrected chi connectivity index (χ4v) is 3.89. The van der Waals surface area contributed by atoms with Crippen LogP contribution in [0.1, 0.15) is 44.9 Å². The highest BCUT2D eigenvalue weighted by atomic mass is 35.5. The number of hydrogen-bond acceptors (Lipinski definition) is 3. The van der Waals surface area contributed by atoms with Crippen molar-refractivity contribution >= 4 is 18.3 Å². The van der Waals surface area contributed by atoms with E-state index in [1.807, 2.05) is 0 Å². The van der Waals surface area contributed by atoms with Crippen LogP contribution >= 0.6 is 12.4 Å². The van der Waals surface area contributed by atoms with Gasteiger partial charge in [-0.3, -0.25) is 4.79 Å². The van der Waals surface area contributed by atoms with E-state index in [9.17, 15) is 4.79 Å². The van der Waals surface area contributed by atoms with E-state index < -0.39 is 0 Å². The maximum absolute atomic E-state index is 12.4. The molecule has 0 saturated carbocycles. The molecule has 0 bridgehead atoms. The fourth-order valence-electron chi connectivity index (χ4n) is 3.89. The number of carbonyl (C=O) groups is 1. The Morgan fingerprint density at radius 1 is 0.900 bits per heavy atom. The summed E-state index contributed by atoms with van der Waals surface area (Å²) in [6.07, 6.45) is 8.56. The molecule has 3 aliphatic heterocycles. The lowest BCUT2D eigenvalue weighted by atomic mass is 10.1. The van der Waals surface area contributed by atoms with Gasteiger partial charge in [0.05, 0.1) is 6.04 Å². The third-order valence-electron chi connectivity index (χ3n) is 5.02. The van der Waals surface area contributed by atoms with Gasteiger partial charge < -0.3 is 15.1 Å². The van der Waals surface area contributed by atoms with Gasteiger partial charge in [0.1, 0.15) is 0 Å². The molecule has 3 heterocycles. The first-order valence-electron chi connectivity index (χ1n) is 8.11. The Hall–Kier alpha value is -0.320. The van der Waals surface area contributed by atoms with Gasteiger partial charge in [-0.2, -0.15) is 0 Å². The molecule has 0 radical (unpaired) electrons. The summed E-state index contributed by atoms with van der Waals surface area (Å²) >= 11 is 0. The molecule has 1 amide bonds. The van der Waals surface area contributed by atoms with Gasteiger partial charge in [0, 0.05) is 19.1 Å². The summed E-state index contributed by atoms with van der Waals surface area (Å²) in [5, 5.41) is 3.34. The number of rotatable bonds is 2. The number of carbonyl (C=O) groups excluding carboxylic acids is 1. The Kier molecular flexibility index (Phi) is 6.12. The summed E-state index contributed by atoms with van der Waals surface area (Å²) in [6, 6.07) is 0.847. The summed E-state index contributed by atoms with van der Waals surface area (Å²) in [7, 11) is 0. The number of likely N-dealkylation sites (tertiary alicyclic amines) is 2. The molecule has 3 rings (SSSR count). The summed E-state index contributed by atoms with van der Waals surface area (Å²) in [5.74, 6) is 0.361. The van der Waals surface area contributed by atoms with Crippen molar-refractivity contribution in [2.45, 2.75) is 57.0 Å². The van der Waals surface area contributed by atoms with E-state index in [-0.39, 0.29) is 18.4 Å². The second kappa shape index (κ2) is 7.62. The second-order valence-electron chi connectivity index (χ2n) is 6.30. The number of nitrogens with one attached hydrogen (secondary N) is 1. The van der Waals surface area contributed by atoms with Crippen molar-refractivity contribution in [3.8, 4) is 0 Å². The summed E-state index contributed by atoms with van der Waals surface area (Å²) < 4.78 is 0. The van der Waals surface area contributed by atoms with Gasteiger partial charge >= 0.3 is 0 Å². The number of hydrogen-bond donors (Lipinski definition) is 1. The zero-order chi connectivity index (χ0) is 13.1. The summed E-state index contributed by atoms with van der Waals surface area (Å²) in [5.41, 5.74) is 0. The maximum Gasteiger partial charge on any atom is 0.239 e. The van der Waals surface area contributed by atoms with Crippen molar-refractivity contribution in [3.63, 3.8) is 0 Å². The average Bonchev–Trinajstić information content (AvgIpc) is 3.08. The molecule has 0 aromatic rings. The first-order chi connectivity index (χ1) is 9.34. The van der Waals surface area contributed by atoms with Crippen LogP contribution in [0.2, 0.25) is 0 Å². The van der Waals surface area contributed by atoms with Crippen LogP contribution in [0.3, 0.4) is 0 Å². The molecule has 3 fully saturated rings. The summed E-state index contributed by atoms with van der Waals surface area (Å²) in [6.45, 7) is 5.52. The van der Waals surface area contributed by atoms with Crippen LogP contribution in [0.5, 0.6) is 0 Å². The molecule has 4 nitrogen and oxygen atoms in total. The van der Waals surface area contributed by atoms with E-state index >= 15 is 0 Å². The van der Waals surface area contributed by atoms with Crippen LogP contribution in [0.15, 0.2) is 0 Å². The minimum absolute atomic E-state index is 0. The van der Waals surface area contributed by atoms with Gasteiger partial charge in [-0.05, 0) is 64.6 Å². The van der Waals surface area contributed by atoms with Crippen LogP contribution in [-0.4, -0.2) is 60.5 Å². The lowest BCUT2D eigenvalue weighted by Crippen LogP contribution is -2.44. The largest absolute Gasteiger partial charge is 0.341 e. The number of nitrogens with zero attached hydrogens (tertiary/aromatic N) is 2. The number of amides is 1. The Bertz CT molecular complexity index is 314. The average molecular weight is 302 g/mol. The predicted octanol–water partition coefficient (Wildman–Crippen LogP) is 1.64. The molecule has 116 valence electrons. The lowest BCUT2D eigenvalue weighted by Gasteiger charge is -2.27. The topological polar surface area (TPSA) is 35.6 Å². The van der Waals surface area contributed by atoms with Crippen molar-refractivity contribution in [2.24, 2.45) is 0 Å². The quantitative estimate of drug-likeness (QED) is 0.842. The first-order valence-corrected chi connectivity index (χ1v) is 8.11. The Balaban J connectivity index is 0.00000147. The third-order valence-corrected chi connectivity index (χ3v) is 5.02. The van der Waals surface area contributed by atoms with Crippen LogP contribution in [0, 0.1) is 0 Å². The van der Waals surface area contributed by atoms with E-state index in [4.69, 9.17) is 0 Å². The monoisotopic (exact) mass is 301 g/mol. The SMILES string of the molecule is Cl.O=C(C1CCCN1)N1CCCC(N2CCCC2)CC1. The molecular weight excluding hydrogens is 274 g/mol. The standard InChI is InChI=1S/C15H27N3O.ClH/c19-15(14-6-3-8-16-14)18-11-4-5-13(7-12-18)17-9-1-2-10-17;/h13-14,16H,1-12H2;1H. The van der Waals surface area contributed by atoms with E-state index in [1.54, 1.807) is 0 Å². The van der Waals surface area contributed by atoms with Crippen molar-refractivity contribution in [1.29, 1.82) is 0 Å². The summed E-state index contributed by atoms with van der Waals surface area (Å²) in [4.78, 5) is 17.2. The van der Waals surface area contributed by atoms with Crippen LogP contribution < -0.4 is 5.32 Å². The maximum atomic E-state index is 12.4. The van der Waals surface area contributed by atoms with Gasteiger partial charge in [-0.15, -0.1) is 12.4 Å². The lowest BCUT2D eigenvalue weighted by molar-refractivity contribution is -0.133. The second-order valence-corrected chi connectivity index (χ2v) is 6.30. The Morgan fingerprint density at radius 2 is 1.70 bits per heavy atom. The van der Waals surface area contributed by atoms with E-state index in [0.717, 1.165) is 38.5 Å². The molecule has 2 atom stereocenters. The van der Waals surface area contributed by atoms with Crippen molar-refractivity contribution < 1.29 is 4.79 Å². The fraction of sp³-hybridized carbons (Fsp3) is 0.933. The minimum Gasteiger partial charge on any atom is -0.341 e. The van der Waals surface area contributed by atoms with Gasteiger partial charge in [-0.1, -0.05) is 0 Å². The van der Waals surface area contributed by atoms with Gasteiger partial charge in [0.15, 0.2) is 0 Å². The molecule has 3 saturated heterocycles. The molecule has 1 N–H and O–H groups in total. The first kappa shape index (κ1) is 16.1. The van der Waals surface area contributed by atoms with Gasteiger partial charge in [-0.25, -0.2) is 0 Å². The normalized spacial score (nSPS) is 31.9. The predicted molar refractivity (Wildman–Crippen MR) is 83.3 cm³/mol. The molecular formula is C15H28ClN3O. The van der Waals surface area contributed by atoms with Crippen LogP contribution in [-0.2, 0) is 4.79 Å². The number of halogens is 1. The van der Waals surface area contributed by atoms with E-state index in [0.29, 0.717) is 5.91 Å². The minimum atomic E-state index is 0. The smallest absolute Gasteiger partial charge is 0.239 e. The van der Waals surface area contributed by atoms with E-state index in [1.165, 1.54) is 45.2 Å². The Labute approximate surface area is 128 Å². The molecule has 5 heteroatoms. The molecule has 0 spiro atoms. The van der Waals surface area contributed by atoms with Crippen molar-refractivity contribution in [2.75, 3.05) is 32.7 Å². The highest BCUT2D eigenvalue weighted by Crippen LogP contribution is 2.22. The zero-order valence-electron chi connectivity index (χ0n) is 12.4. The molecule has 0 aromatic heterocycles. The third kappa shape index (κ3) is 3.66. The van der Waals surface area contributed by atoms with Crippen LogP contribution in [0.4, 0.5) is 0 Å². The zero-order valence-corrected chi connectivity index (χ0v) is 13.2. The molecule has 0 aromatic carbocycles. The van der Waals surface area contributed by atoms with Gasteiger partial charge in [0.25, 0.3) is 0 Å². The molecule has 20 heavy (non-hydrogen) atoms. The molecule has 2 unspecified atom stereocenters. The van der Waals surface area contributed by atoms with Gasteiger partial charge in [0.2, 0.25) is 5.91 Å². The highest BCUT2D eigenvalue weighted by molar-refractivity contribution is 5.85. The molecule has 3 aliphatic rings. The Morgan fingerprint density at radius 3 is 2.40 bits per heavy atom. The van der Waals surface area contributed by atoms with Crippen molar-refractivity contribution in [1.82, 2.24) is 15.1 Å². The van der Waals surface area contributed by atoms with E-state index in [2.05, 4.69) is 15.1 Å². The van der Waals surface area contributed by atoms with Crippen LogP contribution in [0.25, 0.3) is 0 Å². The van der Waals surface area contributed by atoms with Crippen molar-refractivity contribution in [3.05, 3.63) is 0 Å². The molecule has 0 aliphatic carbocycles.